The molecule has 0 saturated carbocycles. The fraction of sp³-hybridized carbons (Fsp3) is 0.364. The molecular formula is C22H25N3O2S. The zero-order valence-electron chi connectivity index (χ0n) is 15.8. The number of fused-ring (bicyclic) bond motifs is 1. The molecule has 2 aromatic carbocycles. The Labute approximate surface area is 170 Å². The smallest absolute Gasteiger partial charge is 0.236 e. The van der Waals surface area contributed by atoms with Crippen LogP contribution in [0.25, 0.3) is 0 Å². The number of carbonyl (C=O) groups excluding carboxylic acids is 2. The summed E-state index contributed by atoms with van der Waals surface area (Å²) in [5.41, 5.74) is 2.38. The predicted octanol–water partition coefficient (Wildman–Crippen LogP) is 2.16. The van der Waals surface area contributed by atoms with Gasteiger partial charge in [0.2, 0.25) is 11.8 Å². The average Bonchev–Trinajstić information content (AvgIpc) is 3.17. The van der Waals surface area contributed by atoms with Gasteiger partial charge in [-0.25, -0.2) is 0 Å². The van der Waals surface area contributed by atoms with Gasteiger partial charge < -0.3 is 10.2 Å². The zero-order valence-corrected chi connectivity index (χ0v) is 16.7. The number of carbonyl (C=O) groups is 2. The summed E-state index contributed by atoms with van der Waals surface area (Å²) in [7, 11) is 0. The van der Waals surface area contributed by atoms with Gasteiger partial charge in [0.1, 0.15) is 0 Å². The van der Waals surface area contributed by atoms with Gasteiger partial charge in [-0.15, -0.1) is 11.8 Å². The van der Waals surface area contributed by atoms with E-state index in [0.29, 0.717) is 26.2 Å². The van der Waals surface area contributed by atoms with E-state index in [4.69, 9.17) is 0 Å². The first-order chi connectivity index (χ1) is 13.7. The van der Waals surface area contributed by atoms with Crippen molar-refractivity contribution < 1.29 is 9.59 Å². The Balaban J connectivity index is 1.20. The molecule has 0 aromatic heterocycles. The largest absolute Gasteiger partial charge is 0.351 e. The lowest BCUT2D eigenvalue weighted by Gasteiger charge is -2.35. The van der Waals surface area contributed by atoms with Crippen molar-refractivity contribution in [3.8, 4) is 0 Å². The van der Waals surface area contributed by atoms with Gasteiger partial charge in [0.15, 0.2) is 0 Å². The lowest BCUT2D eigenvalue weighted by molar-refractivity contribution is -0.132. The molecule has 0 radical (unpaired) electrons. The standard InChI is InChI=1S/C22H25N3O2S/c26-21(23-15-17-6-2-1-3-7-17)16-24-10-12-25(13-11-24)22(27)20-14-18-8-4-5-9-19(18)28-20/h1-9,20H,10-16H2,(H,23,26). The van der Waals surface area contributed by atoms with E-state index in [9.17, 15) is 9.59 Å². The molecule has 1 N–H and O–H groups in total. The van der Waals surface area contributed by atoms with Gasteiger partial charge >= 0.3 is 0 Å². The van der Waals surface area contributed by atoms with Crippen LogP contribution in [0, 0.1) is 0 Å². The first-order valence-electron chi connectivity index (χ1n) is 9.75. The number of nitrogens with one attached hydrogen (secondary N) is 1. The fourth-order valence-electron chi connectivity index (χ4n) is 3.71. The van der Waals surface area contributed by atoms with Crippen molar-refractivity contribution in [1.82, 2.24) is 15.1 Å². The minimum Gasteiger partial charge on any atom is -0.351 e. The molecule has 28 heavy (non-hydrogen) atoms. The van der Waals surface area contributed by atoms with Gasteiger partial charge in [-0.3, -0.25) is 14.5 Å². The van der Waals surface area contributed by atoms with Crippen LogP contribution in [0.2, 0.25) is 0 Å². The van der Waals surface area contributed by atoms with Gasteiger partial charge in [0.25, 0.3) is 0 Å². The highest BCUT2D eigenvalue weighted by Gasteiger charge is 2.32. The van der Waals surface area contributed by atoms with Crippen molar-refractivity contribution in [2.75, 3.05) is 32.7 Å². The molecule has 2 aliphatic rings. The molecule has 0 spiro atoms. The Kier molecular flexibility index (Phi) is 5.98. The summed E-state index contributed by atoms with van der Waals surface area (Å²) in [6.07, 6.45) is 0.821. The summed E-state index contributed by atoms with van der Waals surface area (Å²) in [4.78, 5) is 30.4. The molecule has 5 nitrogen and oxygen atoms in total. The maximum Gasteiger partial charge on any atom is 0.236 e. The Morgan fingerprint density at radius 1 is 0.964 bits per heavy atom. The van der Waals surface area contributed by atoms with Crippen molar-refractivity contribution in [1.29, 1.82) is 0 Å². The molecule has 1 unspecified atom stereocenters. The second-order valence-electron chi connectivity index (χ2n) is 7.28. The third-order valence-corrected chi connectivity index (χ3v) is 6.61. The highest BCUT2D eigenvalue weighted by atomic mass is 32.2. The van der Waals surface area contributed by atoms with Gasteiger partial charge in [-0.1, -0.05) is 48.5 Å². The Bertz CT molecular complexity index is 810. The summed E-state index contributed by atoms with van der Waals surface area (Å²) in [6, 6.07) is 18.2. The molecular weight excluding hydrogens is 370 g/mol. The molecule has 1 fully saturated rings. The fourth-order valence-corrected chi connectivity index (χ4v) is 4.98. The number of benzene rings is 2. The van der Waals surface area contributed by atoms with Gasteiger partial charge in [0, 0.05) is 37.6 Å². The van der Waals surface area contributed by atoms with Crippen molar-refractivity contribution in [3.05, 3.63) is 65.7 Å². The Hall–Kier alpha value is -2.31. The van der Waals surface area contributed by atoms with E-state index in [-0.39, 0.29) is 17.1 Å². The van der Waals surface area contributed by atoms with E-state index in [0.717, 1.165) is 25.1 Å². The number of hydrogen-bond acceptors (Lipinski definition) is 4. The Morgan fingerprint density at radius 3 is 2.43 bits per heavy atom. The third kappa shape index (κ3) is 4.56. The lowest BCUT2D eigenvalue weighted by atomic mass is 10.1. The summed E-state index contributed by atoms with van der Waals surface area (Å²) in [5, 5.41) is 2.97. The third-order valence-electron chi connectivity index (χ3n) is 5.31. The first-order valence-corrected chi connectivity index (χ1v) is 10.6. The first kappa shape index (κ1) is 19.0. The topological polar surface area (TPSA) is 52.7 Å². The molecule has 2 heterocycles. The summed E-state index contributed by atoms with van der Waals surface area (Å²) < 4.78 is 0. The quantitative estimate of drug-likeness (QED) is 0.843. The molecule has 1 atom stereocenters. The van der Waals surface area contributed by atoms with E-state index in [1.807, 2.05) is 47.4 Å². The molecule has 4 rings (SSSR count). The maximum absolute atomic E-state index is 12.9. The van der Waals surface area contributed by atoms with Crippen LogP contribution in [0.4, 0.5) is 0 Å². The summed E-state index contributed by atoms with van der Waals surface area (Å²) in [5.74, 6) is 0.264. The normalized spacial score (nSPS) is 19.3. The van der Waals surface area contributed by atoms with Crippen LogP contribution in [0.1, 0.15) is 11.1 Å². The van der Waals surface area contributed by atoms with Crippen molar-refractivity contribution in [2.24, 2.45) is 0 Å². The number of piperazine rings is 1. The van der Waals surface area contributed by atoms with E-state index in [2.05, 4.69) is 22.3 Å². The summed E-state index contributed by atoms with van der Waals surface area (Å²) in [6.45, 7) is 3.82. The number of thioether (sulfide) groups is 1. The van der Waals surface area contributed by atoms with E-state index < -0.39 is 0 Å². The molecule has 146 valence electrons. The number of nitrogens with zero attached hydrogens (tertiary/aromatic N) is 2. The predicted molar refractivity (Wildman–Crippen MR) is 111 cm³/mol. The van der Waals surface area contributed by atoms with E-state index in [1.54, 1.807) is 11.8 Å². The maximum atomic E-state index is 12.9. The van der Waals surface area contributed by atoms with Crippen LogP contribution in [0.3, 0.4) is 0 Å². The van der Waals surface area contributed by atoms with Crippen molar-refractivity contribution in [3.63, 3.8) is 0 Å². The number of rotatable bonds is 5. The highest BCUT2D eigenvalue weighted by Crippen LogP contribution is 2.37. The molecule has 0 aliphatic carbocycles. The van der Waals surface area contributed by atoms with Crippen LogP contribution >= 0.6 is 11.8 Å². The van der Waals surface area contributed by atoms with E-state index in [1.165, 1.54) is 10.5 Å². The van der Waals surface area contributed by atoms with Crippen LogP contribution in [-0.2, 0) is 22.6 Å². The van der Waals surface area contributed by atoms with Gasteiger partial charge in [-0.2, -0.15) is 0 Å². The summed E-state index contributed by atoms with van der Waals surface area (Å²) >= 11 is 1.68. The monoisotopic (exact) mass is 395 g/mol. The van der Waals surface area contributed by atoms with Gasteiger partial charge in [-0.05, 0) is 23.6 Å². The van der Waals surface area contributed by atoms with Crippen LogP contribution in [0.15, 0.2) is 59.5 Å². The SMILES string of the molecule is O=C(CN1CCN(C(=O)C2Cc3ccccc3S2)CC1)NCc1ccccc1. The minimum atomic E-state index is -0.00174. The van der Waals surface area contributed by atoms with Crippen LogP contribution < -0.4 is 5.32 Å². The average molecular weight is 396 g/mol. The molecule has 6 heteroatoms. The number of amides is 2. The molecule has 0 bridgehead atoms. The van der Waals surface area contributed by atoms with Crippen LogP contribution in [-0.4, -0.2) is 59.6 Å². The minimum absolute atomic E-state index is 0.00174. The highest BCUT2D eigenvalue weighted by molar-refractivity contribution is 8.01. The molecule has 2 amide bonds. The molecule has 2 aliphatic heterocycles. The zero-order chi connectivity index (χ0) is 19.3. The second kappa shape index (κ2) is 8.80. The Morgan fingerprint density at radius 2 is 1.68 bits per heavy atom. The van der Waals surface area contributed by atoms with Crippen molar-refractivity contribution in [2.45, 2.75) is 23.1 Å². The lowest BCUT2D eigenvalue weighted by Crippen LogP contribution is -2.52. The molecule has 2 aromatic rings. The molecule has 1 saturated heterocycles. The number of hydrogen-bond donors (Lipinski definition) is 1. The van der Waals surface area contributed by atoms with Gasteiger partial charge in [0.05, 0.1) is 11.8 Å². The van der Waals surface area contributed by atoms with Crippen LogP contribution in [0.5, 0.6) is 0 Å². The van der Waals surface area contributed by atoms with E-state index >= 15 is 0 Å². The second-order valence-corrected chi connectivity index (χ2v) is 8.53. The van der Waals surface area contributed by atoms with Crippen molar-refractivity contribution >= 4 is 23.6 Å².